The molecule has 218 valence electrons. The zero-order valence-electron chi connectivity index (χ0n) is 24.4. The third-order valence-electron chi connectivity index (χ3n) is 8.15. The number of ether oxygens (including phenoxy) is 3. The molecule has 0 aromatic heterocycles. The van der Waals surface area contributed by atoms with E-state index in [-0.39, 0.29) is 31.6 Å². The van der Waals surface area contributed by atoms with E-state index < -0.39 is 41.3 Å². The first-order valence-electron chi connectivity index (χ1n) is 14.5. The summed E-state index contributed by atoms with van der Waals surface area (Å²) in [5.74, 6) is -1.14. The summed E-state index contributed by atoms with van der Waals surface area (Å²) >= 11 is 0. The number of nitrogens with one attached hydrogen (secondary N) is 1. The summed E-state index contributed by atoms with van der Waals surface area (Å²) in [4.78, 5) is 41.4. The minimum atomic E-state index is -1.16. The number of nitrogens with zero attached hydrogens (tertiary/aromatic N) is 1. The molecule has 2 aromatic carbocycles. The van der Waals surface area contributed by atoms with Gasteiger partial charge in [0.05, 0.1) is 19.3 Å². The van der Waals surface area contributed by atoms with Gasteiger partial charge in [0.25, 0.3) is 0 Å². The number of amides is 2. The number of benzene rings is 2. The van der Waals surface area contributed by atoms with E-state index in [1.165, 1.54) is 16.0 Å². The number of rotatable bonds is 7. The molecule has 1 aliphatic heterocycles. The van der Waals surface area contributed by atoms with Crippen LogP contribution in [0.5, 0.6) is 0 Å². The van der Waals surface area contributed by atoms with Gasteiger partial charge in [-0.2, -0.15) is 0 Å². The van der Waals surface area contributed by atoms with Gasteiger partial charge in [-0.15, -0.1) is 6.58 Å². The number of fused-ring (bicyclic) bond motifs is 2. The largest absolute Gasteiger partial charge is 0.464 e. The number of hydrogen-bond donors (Lipinski definition) is 1. The summed E-state index contributed by atoms with van der Waals surface area (Å²) in [5, 5.41) is 2.92. The van der Waals surface area contributed by atoms with E-state index >= 15 is 0 Å². The Hall–Kier alpha value is -3.65. The van der Waals surface area contributed by atoms with E-state index in [1.807, 2.05) is 24.3 Å². The molecular formula is C33H40N2O6. The molecule has 1 heterocycles. The summed E-state index contributed by atoms with van der Waals surface area (Å²) in [6.07, 6.45) is 2.79. The monoisotopic (exact) mass is 560 g/mol. The molecule has 1 saturated heterocycles. The van der Waals surface area contributed by atoms with Crippen LogP contribution >= 0.6 is 0 Å². The van der Waals surface area contributed by atoms with Crippen molar-refractivity contribution in [3.05, 3.63) is 83.4 Å². The smallest absolute Gasteiger partial charge is 0.411 e. The maximum atomic E-state index is 13.8. The molecule has 4 atom stereocenters. The van der Waals surface area contributed by atoms with E-state index in [2.05, 4.69) is 36.2 Å². The van der Waals surface area contributed by atoms with Crippen molar-refractivity contribution in [3.63, 3.8) is 0 Å². The Morgan fingerprint density at radius 1 is 1.05 bits per heavy atom. The molecule has 5 rings (SSSR count). The highest BCUT2D eigenvalue weighted by molar-refractivity contribution is 5.95. The van der Waals surface area contributed by atoms with Crippen molar-refractivity contribution in [3.8, 4) is 0 Å². The minimum Gasteiger partial charge on any atom is -0.464 e. The molecule has 8 heteroatoms. The molecule has 2 aliphatic carbocycles. The van der Waals surface area contributed by atoms with Gasteiger partial charge in [0.1, 0.15) is 23.3 Å². The summed E-state index contributed by atoms with van der Waals surface area (Å²) in [5.41, 5.74) is 2.75. The van der Waals surface area contributed by atoms with Gasteiger partial charge >= 0.3 is 12.1 Å². The van der Waals surface area contributed by atoms with Gasteiger partial charge in [0.2, 0.25) is 5.91 Å². The molecule has 0 bridgehead atoms. The lowest BCUT2D eigenvalue weighted by atomic mass is 9.96. The van der Waals surface area contributed by atoms with E-state index in [1.54, 1.807) is 33.8 Å². The van der Waals surface area contributed by atoms with Crippen LogP contribution < -0.4 is 5.32 Å². The third kappa shape index (κ3) is 5.89. The summed E-state index contributed by atoms with van der Waals surface area (Å²) < 4.78 is 17.8. The van der Waals surface area contributed by atoms with E-state index in [9.17, 15) is 14.4 Å². The number of esters is 1. The van der Waals surface area contributed by atoms with Gasteiger partial charge < -0.3 is 19.5 Å². The van der Waals surface area contributed by atoms with Crippen molar-refractivity contribution in [1.29, 1.82) is 0 Å². The first kappa shape index (κ1) is 28.9. The van der Waals surface area contributed by atoms with Gasteiger partial charge in [-0.05, 0) is 69.2 Å². The molecule has 2 aromatic rings. The Kier molecular flexibility index (Phi) is 7.97. The van der Waals surface area contributed by atoms with Crippen LogP contribution in [0.2, 0.25) is 0 Å². The quantitative estimate of drug-likeness (QED) is 0.383. The van der Waals surface area contributed by atoms with E-state index in [0.717, 1.165) is 24.0 Å². The maximum absolute atomic E-state index is 13.8. The first-order valence-corrected chi connectivity index (χ1v) is 14.5. The van der Waals surface area contributed by atoms with Crippen LogP contribution in [0.15, 0.2) is 61.2 Å². The maximum Gasteiger partial charge on any atom is 0.411 e. The molecule has 2 amide bonds. The SMILES string of the molecule is C=C[C@@H]1C[C@]1(NC(=O)[C@@H]1C[C@@H](OC2c3ccccc3CCc3ccccc32)CN1C(=O)OC(C)(C)C)C(=O)OCC. The number of likely N-dealkylation sites (tertiary alicyclic amines) is 1. The second-order valence-electron chi connectivity index (χ2n) is 12.1. The Balaban J connectivity index is 1.42. The molecule has 1 saturated carbocycles. The van der Waals surface area contributed by atoms with Crippen molar-refractivity contribution < 1.29 is 28.6 Å². The minimum absolute atomic E-state index is 0.186. The first-order chi connectivity index (χ1) is 19.6. The number of hydrogen-bond acceptors (Lipinski definition) is 6. The number of carbonyl (C=O) groups is 3. The molecule has 3 aliphatic rings. The lowest BCUT2D eigenvalue weighted by Gasteiger charge is -2.29. The molecular weight excluding hydrogens is 520 g/mol. The van der Waals surface area contributed by atoms with Gasteiger partial charge in [0, 0.05) is 12.3 Å². The fourth-order valence-electron chi connectivity index (χ4n) is 6.04. The number of aryl methyl sites for hydroxylation is 2. The highest BCUT2D eigenvalue weighted by atomic mass is 16.6. The van der Waals surface area contributed by atoms with Crippen LogP contribution in [0.1, 0.15) is 68.9 Å². The highest BCUT2D eigenvalue weighted by Crippen LogP contribution is 2.46. The molecule has 1 N–H and O–H groups in total. The van der Waals surface area contributed by atoms with Crippen molar-refractivity contribution in [2.45, 2.75) is 82.8 Å². The van der Waals surface area contributed by atoms with Gasteiger partial charge in [0.15, 0.2) is 0 Å². The van der Waals surface area contributed by atoms with Crippen LogP contribution in [0.3, 0.4) is 0 Å². The van der Waals surface area contributed by atoms with E-state index in [0.29, 0.717) is 6.42 Å². The standard InChI is InChI=1S/C33H40N2O6/c1-6-23-19-33(23,30(37)39-7-2)34-29(36)27-18-24(20-35(27)31(38)41-32(3,4)5)40-28-25-14-10-8-12-21(25)16-17-22-13-9-11-15-26(22)28/h6,8-15,23-24,27-28H,1,7,16-20H2,2-5H3,(H,34,36)/t23-,24-,27+,33-/m1/s1. The average molecular weight is 561 g/mol. The summed E-state index contributed by atoms with van der Waals surface area (Å²) in [6, 6.07) is 15.7. The van der Waals surface area contributed by atoms with Crippen molar-refractivity contribution in [2.24, 2.45) is 5.92 Å². The summed E-state index contributed by atoms with van der Waals surface area (Å²) in [7, 11) is 0. The van der Waals surface area contributed by atoms with E-state index in [4.69, 9.17) is 14.2 Å². The van der Waals surface area contributed by atoms with Gasteiger partial charge in [-0.1, -0.05) is 54.6 Å². The lowest BCUT2D eigenvalue weighted by molar-refractivity contribution is -0.149. The Labute approximate surface area is 242 Å². The summed E-state index contributed by atoms with van der Waals surface area (Å²) in [6.45, 7) is 11.3. The Morgan fingerprint density at radius 3 is 2.20 bits per heavy atom. The Bertz CT molecular complexity index is 1290. The van der Waals surface area contributed by atoms with Crippen molar-refractivity contribution in [1.82, 2.24) is 10.2 Å². The Morgan fingerprint density at radius 2 is 1.66 bits per heavy atom. The van der Waals surface area contributed by atoms with Crippen molar-refractivity contribution in [2.75, 3.05) is 13.2 Å². The fourth-order valence-corrected chi connectivity index (χ4v) is 6.04. The second-order valence-corrected chi connectivity index (χ2v) is 12.1. The van der Waals surface area contributed by atoms with Crippen LogP contribution in [-0.4, -0.2) is 59.3 Å². The van der Waals surface area contributed by atoms with Gasteiger partial charge in [-0.3, -0.25) is 9.69 Å². The van der Waals surface area contributed by atoms with Crippen LogP contribution in [0.25, 0.3) is 0 Å². The lowest BCUT2D eigenvalue weighted by Crippen LogP contribution is -2.53. The average Bonchev–Trinajstić information content (AvgIpc) is 3.53. The van der Waals surface area contributed by atoms with Crippen LogP contribution in [-0.2, 0) is 36.6 Å². The predicted octanol–water partition coefficient (Wildman–Crippen LogP) is 4.89. The predicted molar refractivity (Wildman–Crippen MR) is 154 cm³/mol. The molecule has 41 heavy (non-hydrogen) atoms. The second kappa shape index (κ2) is 11.3. The zero-order valence-corrected chi connectivity index (χ0v) is 24.4. The fraction of sp³-hybridized carbons (Fsp3) is 0.485. The number of carbonyl (C=O) groups excluding carboxylic acids is 3. The molecule has 0 radical (unpaired) electrons. The molecule has 0 spiro atoms. The normalized spacial score (nSPS) is 25.4. The van der Waals surface area contributed by atoms with Crippen LogP contribution in [0, 0.1) is 5.92 Å². The third-order valence-corrected chi connectivity index (χ3v) is 8.15. The van der Waals surface area contributed by atoms with Crippen molar-refractivity contribution >= 4 is 18.0 Å². The molecule has 8 nitrogen and oxygen atoms in total. The topological polar surface area (TPSA) is 94.2 Å². The van der Waals surface area contributed by atoms with Gasteiger partial charge in [-0.25, -0.2) is 9.59 Å². The molecule has 2 fully saturated rings. The zero-order chi connectivity index (χ0) is 29.4. The van der Waals surface area contributed by atoms with Crippen LogP contribution in [0.4, 0.5) is 4.79 Å². The molecule has 0 unspecified atom stereocenters. The highest BCUT2D eigenvalue weighted by Gasteiger charge is 2.62.